The number of nitrogens with zero attached hydrogens (tertiary/aromatic N) is 2. The number of unbranched alkanes of at least 4 members (excludes halogenated alkanes) is 1. The second-order valence-corrected chi connectivity index (χ2v) is 4.22. The van der Waals surface area contributed by atoms with Crippen molar-refractivity contribution in [1.82, 2.24) is 10.3 Å². The molecule has 0 aromatic heterocycles. The van der Waals surface area contributed by atoms with Crippen molar-refractivity contribution in [2.75, 3.05) is 26.7 Å². The van der Waals surface area contributed by atoms with Gasteiger partial charge in [-0.1, -0.05) is 13.3 Å². The lowest BCUT2D eigenvalue weighted by Gasteiger charge is -2.23. The van der Waals surface area contributed by atoms with Crippen LogP contribution in [-0.2, 0) is 4.74 Å². The van der Waals surface area contributed by atoms with E-state index in [1.54, 1.807) is 0 Å². The number of hydrogen-bond donors (Lipinski definition) is 2. The predicted molar refractivity (Wildman–Crippen MR) is 66.1 cm³/mol. The molecule has 0 spiro atoms. The van der Waals surface area contributed by atoms with Gasteiger partial charge < -0.3 is 9.64 Å². The van der Waals surface area contributed by atoms with Gasteiger partial charge >= 0.3 is 0 Å². The first kappa shape index (κ1) is 13.3. The molecule has 0 bridgehead atoms. The van der Waals surface area contributed by atoms with Crippen LogP contribution < -0.4 is 11.3 Å². The molecule has 0 aromatic carbocycles. The van der Waals surface area contributed by atoms with Crippen LogP contribution in [0.2, 0.25) is 0 Å². The zero-order chi connectivity index (χ0) is 11.8. The third kappa shape index (κ3) is 4.37. The fourth-order valence-corrected chi connectivity index (χ4v) is 1.80. The lowest BCUT2D eigenvalue weighted by Crippen LogP contribution is -2.45. The number of nitrogens with two attached hydrogens (primary N) is 1. The summed E-state index contributed by atoms with van der Waals surface area (Å²) in [6.07, 6.45) is 4.87. The number of hydrogen-bond acceptors (Lipinski definition) is 3. The zero-order valence-corrected chi connectivity index (χ0v) is 10.4. The van der Waals surface area contributed by atoms with Crippen molar-refractivity contribution in [1.29, 1.82) is 0 Å². The summed E-state index contributed by atoms with van der Waals surface area (Å²) in [4.78, 5) is 6.46. The molecule has 1 unspecified atom stereocenters. The van der Waals surface area contributed by atoms with E-state index in [1.165, 1.54) is 0 Å². The van der Waals surface area contributed by atoms with Gasteiger partial charge in [0.2, 0.25) is 5.96 Å². The molecule has 1 rings (SSSR count). The summed E-state index contributed by atoms with van der Waals surface area (Å²) in [6, 6.07) is 0. The molecule has 94 valence electrons. The van der Waals surface area contributed by atoms with E-state index < -0.39 is 0 Å². The average molecular weight is 228 g/mol. The Balaban J connectivity index is 2.35. The molecule has 0 aliphatic carbocycles. The Labute approximate surface area is 98.0 Å². The second kappa shape index (κ2) is 7.46. The molecule has 0 amide bonds. The minimum absolute atomic E-state index is 0.328. The molecule has 1 saturated heterocycles. The number of hydrazine groups is 1. The maximum atomic E-state index is 5.58. The molecule has 0 radical (unpaired) electrons. The fraction of sp³-hybridized carbons (Fsp3) is 0.909. The summed E-state index contributed by atoms with van der Waals surface area (Å²) in [7, 11) is 1.99. The van der Waals surface area contributed by atoms with Crippen LogP contribution in [0.15, 0.2) is 4.99 Å². The monoisotopic (exact) mass is 228 g/mol. The highest BCUT2D eigenvalue weighted by atomic mass is 16.5. The summed E-state index contributed by atoms with van der Waals surface area (Å²) in [5.74, 6) is 6.22. The van der Waals surface area contributed by atoms with Gasteiger partial charge in [-0.25, -0.2) is 5.84 Å². The predicted octanol–water partition coefficient (Wildman–Crippen LogP) is 0.717. The Hall–Kier alpha value is -0.810. The van der Waals surface area contributed by atoms with Crippen molar-refractivity contribution in [3.63, 3.8) is 0 Å². The van der Waals surface area contributed by atoms with E-state index in [1.807, 2.05) is 11.9 Å². The number of ether oxygens (including phenoxy) is 1. The third-order valence-corrected chi connectivity index (χ3v) is 2.77. The largest absolute Gasteiger partial charge is 0.376 e. The number of rotatable bonds is 5. The van der Waals surface area contributed by atoms with Crippen LogP contribution in [0.25, 0.3) is 0 Å². The van der Waals surface area contributed by atoms with Gasteiger partial charge in [-0.3, -0.25) is 10.4 Å². The van der Waals surface area contributed by atoms with Crippen LogP contribution >= 0.6 is 0 Å². The molecule has 0 aromatic rings. The van der Waals surface area contributed by atoms with E-state index in [0.29, 0.717) is 6.10 Å². The molecule has 3 N–H and O–H groups in total. The zero-order valence-electron chi connectivity index (χ0n) is 10.4. The molecule has 1 aliphatic rings. The second-order valence-electron chi connectivity index (χ2n) is 4.22. The Morgan fingerprint density at radius 3 is 3.00 bits per heavy atom. The molecule has 0 saturated carbocycles. The lowest BCUT2D eigenvalue weighted by molar-refractivity contribution is 0.0951. The highest BCUT2D eigenvalue weighted by Gasteiger charge is 2.18. The SMILES string of the molecule is CCCCN=C(NN)N(C)CC1CCCO1. The Bertz CT molecular complexity index is 214. The van der Waals surface area contributed by atoms with Crippen molar-refractivity contribution in [3.05, 3.63) is 0 Å². The summed E-state index contributed by atoms with van der Waals surface area (Å²) < 4.78 is 5.58. The van der Waals surface area contributed by atoms with Crippen LogP contribution in [0.1, 0.15) is 32.6 Å². The van der Waals surface area contributed by atoms with Gasteiger partial charge in [0, 0.05) is 26.7 Å². The lowest BCUT2D eigenvalue weighted by atomic mass is 10.2. The van der Waals surface area contributed by atoms with E-state index in [-0.39, 0.29) is 0 Å². The smallest absolute Gasteiger partial charge is 0.208 e. The summed E-state index contributed by atoms with van der Waals surface area (Å²) in [6.45, 7) is 4.72. The van der Waals surface area contributed by atoms with Crippen molar-refractivity contribution in [2.45, 2.75) is 38.7 Å². The third-order valence-electron chi connectivity index (χ3n) is 2.77. The van der Waals surface area contributed by atoms with Crippen LogP contribution in [0.4, 0.5) is 0 Å². The number of aliphatic imine (C=N–C) groups is 1. The summed E-state index contributed by atoms with van der Waals surface area (Å²) in [5.41, 5.74) is 2.66. The molecule has 1 atom stereocenters. The Morgan fingerprint density at radius 1 is 1.62 bits per heavy atom. The topological polar surface area (TPSA) is 62.9 Å². The molecule has 5 heteroatoms. The summed E-state index contributed by atoms with van der Waals surface area (Å²) >= 11 is 0. The molecule has 5 nitrogen and oxygen atoms in total. The minimum Gasteiger partial charge on any atom is -0.376 e. The quantitative estimate of drug-likeness (QED) is 0.239. The van der Waals surface area contributed by atoms with E-state index in [2.05, 4.69) is 17.3 Å². The van der Waals surface area contributed by atoms with Gasteiger partial charge in [0.25, 0.3) is 0 Å². The standard InChI is InChI=1S/C11H24N4O/c1-3-4-7-13-11(14-12)15(2)9-10-6-5-8-16-10/h10H,3-9,12H2,1-2H3,(H,13,14). The highest BCUT2D eigenvalue weighted by molar-refractivity contribution is 5.79. The van der Waals surface area contributed by atoms with Crippen LogP contribution in [0, 0.1) is 0 Å². The van der Waals surface area contributed by atoms with E-state index in [4.69, 9.17) is 10.6 Å². The van der Waals surface area contributed by atoms with E-state index in [0.717, 1.165) is 51.3 Å². The van der Waals surface area contributed by atoms with Gasteiger partial charge in [-0.05, 0) is 19.3 Å². The first-order chi connectivity index (χ1) is 7.77. The number of guanidine groups is 1. The highest BCUT2D eigenvalue weighted by Crippen LogP contribution is 2.12. The normalized spacial score (nSPS) is 21.2. The number of nitrogens with one attached hydrogen (secondary N) is 1. The molecular formula is C11H24N4O. The maximum absolute atomic E-state index is 5.58. The van der Waals surface area contributed by atoms with Gasteiger partial charge in [-0.15, -0.1) is 0 Å². The Morgan fingerprint density at radius 2 is 2.44 bits per heavy atom. The van der Waals surface area contributed by atoms with Gasteiger partial charge in [0.05, 0.1) is 6.10 Å². The van der Waals surface area contributed by atoms with Crippen molar-refractivity contribution < 1.29 is 4.74 Å². The molecule has 1 aliphatic heterocycles. The molecule has 1 heterocycles. The molecule has 1 fully saturated rings. The van der Waals surface area contributed by atoms with Gasteiger partial charge in [-0.2, -0.15) is 0 Å². The minimum atomic E-state index is 0.328. The van der Waals surface area contributed by atoms with Gasteiger partial charge in [0.15, 0.2) is 0 Å². The van der Waals surface area contributed by atoms with Crippen LogP contribution in [0.5, 0.6) is 0 Å². The van der Waals surface area contributed by atoms with Crippen LogP contribution in [-0.4, -0.2) is 43.7 Å². The first-order valence-corrected chi connectivity index (χ1v) is 6.11. The first-order valence-electron chi connectivity index (χ1n) is 6.11. The molecule has 16 heavy (non-hydrogen) atoms. The van der Waals surface area contributed by atoms with Crippen molar-refractivity contribution in [3.8, 4) is 0 Å². The van der Waals surface area contributed by atoms with E-state index in [9.17, 15) is 0 Å². The van der Waals surface area contributed by atoms with Crippen LogP contribution in [0.3, 0.4) is 0 Å². The number of likely N-dealkylation sites (N-methyl/N-ethyl adjacent to an activating group) is 1. The van der Waals surface area contributed by atoms with E-state index >= 15 is 0 Å². The van der Waals surface area contributed by atoms with Crippen molar-refractivity contribution >= 4 is 5.96 Å². The molecular weight excluding hydrogens is 204 g/mol. The van der Waals surface area contributed by atoms with Gasteiger partial charge in [0.1, 0.15) is 0 Å². The Kier molecular flexibility index (Phi) is 6.18. The fourth-order valence-electron chi connectivity index (χ4n) is 1.80. The maximum Gasteiger partial charge on any atom is 0.208 e. The average Bonchev–Trinajstić information content (AvgIpc) is 2.77. The summed E-state index contributed by atoms with van der Waals surface area (Å²) in [5, 5.41) is 0. The van der Waals surface area contributed by atoms with Crippen molar-refractivity contribution in [2.24, 2.45) is 10.8 Å².